The molecule has 0 bridgehead atoms. The fraction of sp³-hybridized carbons (Fsp3) is 0.150. The first-order chi connectivity index (χ1) is 14.8. The number of halogens is 1. The van der Waals surface area contributed by atoms with Gasteiger partial charge in [-0.15, -0.1) is 0 Å². The highest BCUT2D eigenvalue weighted by Crippen LogP contribution is 2.37. The molecular weight excluding hydrogens is 474 g/mol. The minimum atomic E-state index is -0.952. The van der Waals surface area contributed by atoms with Gasteiger partial charge >= 0.3 is 6.03 Å². The van der Waals surface area contributed by atoms with Gasteiger partial charge in [0.05, 0.1) is 28.8 Å². The summed E-state index contributed by atoms with van der Waals surface area (Å²) in [6.45, 7) is 2.16. The summed E-state index contributed by atoms with van der Waals surface area (Å²) < 4.78 is 11.4. The number of nitro benzene ring substituents is 1. The van der Waals surface area contributed by atoms with Crippen molar-refractivity contribution in [3.05, 3.63) is 62.1 Å². The lowest BCUT2D eigenvalue weighted by Gasteiger charge is -2.26. The van der Waals surface area contributed by atoms with Gasteiger partial charge in [-0.1, -0.05) is 0 Å². The van der Waals surface area contributed by atoms with Gasteiger partial charge in [-0.2, -0.15) is 0 Å². The van der Waals surface area contributed by atoms with Crippen LogP contribution >= 0.6 is 15.9 Å². The second-order valence-corrected chi connectivity index (χ2v) is 7.05. The van der Waals surface area contributed by atoms with Crippen molar-refractivity contribution in [2.45, 2.75) is 6.92 Å². The van der Waals surface area contributed by atoms with Gasteiger partial charge < -0.3 is 9.47 Å². The van der Waals surface area contributed by atoms with E-state index in [-0.39, 0.29) is 16.9 Å². The van der Waals surface area contributed by atoms with E-state index in [0.29, 0.717) is 28.1 Å². The fourth-order valence-electron chi connectivity index (χ4n) is 2.91. The summed E-state index contributed by atoms with van der Waals surface area (Å²) in [6, 6.07) is 7.08. The van der Waals surface area contributed by atoms with Gasteiger partial charge in [-0.05, 0) is 58.8 Å². The number of benzene rings is 2. The minimum Gasteiger partial charge on any atom is -0.492 e. The van der Waals surface area contributed by atoms with Gasteiger partial charge in [-0.25, -0.2) is 9.69 Å². The van der Waals surface area contributed by atoms with Crippen molar-refractivity contribution in [2.24, 2.45) is 0 Å². The maximum Gasteiger partial charge on any atom is 0.335 e. The molecule has 1 heterocycles. The molecule has 31 heavy (non-hydrogen) atoms. The Kier molecular flexibility index (Phi) is 6.35. The van der Waals surface area contributed by atoms with Crippen molar-refractivity contribution >= 4 is 51.2 Å². The van der Waals surface area contributed by atoms with E-state index in [4.69, 9.17) is 9.47 Å². The average molecular weight is 490 g/mol. The molecule has 2 aromatic rings. The predicted molar refractivity (Wildman–Crippen MR) is 114 cm³/mol. The van der Waals surface area contributed by atoms with Crippen molar-refractivity contribution in [3.63, 3.8) is 0 Å². The molecule has 0 aromatic heterocycles. The molecule has 0 saturated carbocycles. The predicted octanol–water partition coefficient (Wildman–Crippen LogP) is 3.43. The summed E-state index contributed by atoms with van der Waals surface area (Å²) in [5, 5.41) is 12.9. The van der Waals surface area contributed by atoms with Gasteiger partial charge in [0.1, 0.15) is 5.57 Å². The number of hydrogen-bond donors (Lipinski definition) is 1. The Hall–Kier alpha value is -3.73. The van der Waals surface area contributed by atoms with Crippen LogP contribution in [0.5, 0.6) is 11.5 Å². The van der Waals surface area contributed by atoms with Crippen molar-refractivity contribution in [2.75, 3.05) is 18.6 Å². The molecule has 1 fully saturated rings. The number of nitrogens with one attached hydrogen (secondary N) is 1. The zero-order valence-corrected chi connectivity index (χ0v) is 18.0. The first-order valence-corrected chi connectivity index (χ1v) is 9.72. The molecule has 0 spiro atoms. The molecule has 0 radical (unpaired) electrons. The van der Waals surface area contributed by atoms with E-state index in [1.165, 1.54) is 25.3 Å². The van der Waals surface area contributed by atoms with Crippen molar-refractivity contribution in [1.82, 2.24) is 5.32 Å². The molecule has 2 aromatic carbocycles. The van der Waals surface area contributed by atoms with E-state index in [1.807, 2.05) is 0 Å². The molecule has 0 aliphatic carbocycles. The molecule has 1 N–H and O–H groups in total. The van der Waals surface area contributed by atoms with Crippen LogP contribution in [0.4, 0.5) is 16.2 Å². The Morgan fingerprint density at radius 3 is 2.45 bits per heavy atom. The maximum absolute atomic E-state index is 13.0. The number of carbonyl (C=O) groups excluding carboxylic acids is 3. The van der Waals surface area contributed by atoms with Crippen LogP contribution in [0.2, 0.25) is 0 Å². The lowest BCUT2D eigenvalue weighted by molar-refractivity contribution is -0.384. The zero-order chi connectivity index (χ0) is 22.7. The third kappa shape index (κ3) is 4.40. The second-order valence-electron chi connectivity index (χ2n) is 6.20. The minimum absolute atomic E-state index is 0.0809. The second kappa shape index (κ2) is 8.96. The molecule has 160 valence electrons. The monoisotopic (exact) mass is 489 g/mol. The first-order valence-electron chi connectivity index (χ1n) is 8.93. The SMILES string of the molecule is CCOc1cc(/C=C2\C(=O)NC(=O)N(c3ccc([N+](=O)[O-])cc3)C2=O)cc(Br)c1OC. The molecule has 0 unspecified atom stereocenters. The summed E-state index contributed by atoms with van der Waals surface area (Å²) >= 11 is 3.36. The highest BCUT2D eigenvalue weighted by molar-refractivity contribution is 9.10. The van der Waals surface area contributed by atoms with Crippen molar-refractivity contribution in [1.29, 1.82) is 0 Å². The summed E-state index contributed by atoms with van der Waals surface area (Å²) in [5.74, 6) is -0.880. The number of nitro groups is 1. The number of amides is 4. The van der Waals surface area contributed by atoms with Crippen LogP contribution in [0.3, 0.4) is 0 Å². The fourth-order valence-corrected chi connectivity index (χ4v) is 3.54. The quantitative estimate of drug-likeness (QED) is 0.284. The first kappa shape index (κ1) is 22.0. The average Bonchev–Trinajstić information content (AvgIpc) is 2.71. The Morgan fingerprint density at radius 2 is 1.87 bits per heavy atom. The topological polar surface area (TPSA) is 128 Å². The van der Waals surface area contributed by atoms with Crippen molar-refractivity contribution in [3.8, 4) is 11.5 Å². The summed E-state index contributed by atoms with van der Waals surface area (Å²) in [5.41, 5.74) is 0.0366. The number of methoxy groups -OCH3 is 1. The van der Waals surface area contributed by atoms with Crippen LogP contribution in [0.15, 0.2) is 46.4 Å². The van der Waals surface area contributed by atoms with Gasteiger partial charge in [0.25, 0.3) is 17.5 Å². The van der Waals surface area contributed by atoms with E-state index in [9.17, 15) is 24.5 Å². The number of carbonyl (C=O) groups is 3. The van der Waals surface area contributed by atoms with Crippen LogP contribution in [-0.2, 0) is 9.59 Å². The van der Waals surface area contributed by atoms with E-state index in [1.54, 1.807) is 19.1 Å². The number of non-ortho nitro benzene ring substituents is 1. The number of nitrogens with zero attached hydrogens (tertiary/aromatic N) is 2. The number of barbiturate groups is 1. The number of urea groups is 1. The van der Waals surface area contributed by atoms with Gasteiger partial charge in [0, 0.05) is 12.1 Å². The number of imide groups is 2. The molecule has 0 atom stereocenters. The third-order valence-corrected chi connectivity index (χ3v) is 4.86. The molecule has 1 aliphatic rings. The molecule has 4 amide bonds. The van der Waals surface area contributed by atoms with Crippen LogP contribution in [-0.4, -0.2) is 36.5 Å². The molecule has 1 aliphatic heterocycles. The standard InChI is InChI=1S/C20H16BrN3O7/c1-3-31-16-10-11(9-15(21)17(16)30-2)8-14-18(25)22-20(27)23(19(14)26)12-4-6-13(7-5-12)24(28)29/h4-10H,3H2,1-2H3,(H,22,25,27)/b14-8+. The number of hydrogen-bond acceptors (Lipinski definition) is 7. The smallest absolute Gasteiger partial charge is 0.335 e. The molecule has 10 nitrogen and oxygen atoms in total. The lowest BCUT2D eigenvalue weighted by Crippen LogP contribution is -2.54. The highest BCUT2D eigenvalue weighted by atomic mass is 79.9. The maximum atomic E-state index is 13.0. The van der Waals surface area contributed by atoms with Crippen LogP contribution in [0, 0.1) is 10.1 Å². The Labute approximate surface area is 184 Å². The van der Waals surface area contributed by atoms with Crippen LogP contribution in [0.1, 0.15) is 12.5 Å². The van der Waals surface area contributed by atoms with E-state index < -0.39 is 22.8 Å². The van der Waals surface area contributed by atoms with Crippen LogP contribution in [0.25, 0.3) is 6.08 Å². The Morgan fingerprint density at radius 1 is 1.19 bits per heavy atom. The van der Waals surface area contributed by atoms with E-state index in [2.05, 4.69) is 21.2 Å². The van der Waals surface area contributed by atoms with Gasteiger partial charge in [0.2, 0.25) is 0 Å². The molecule has 1 saturated heterocycles. The summed E-state index contributed by atoms with van der Waals surface area (Å²) in [6.07, 6.45) is 1.31. The third-order valence-electron chi connectivity index (χ3n) is 4.27. The normalized spacial score (nSPS) is 15.1. The van der Waals surface area contributed by atoms with Gasteiger partial charge in [-0.3, -0.25) is 25.0 Å². The van der Waals surface area contributed by atoms with Crippen molar-refractivity contribution < 1.29 is 28.8 Å². The zero-order valence-electron chi connectivity index (χ0n) is 16.4. The largest absolute Gasteiger partial charge is 0.492 e. The van der Waals surface area contributed by atoms with E-state index >= 15 is 0 Å². The summed E-state index contributed by atoms with van der Waals surface area (Å²) in [4.78, 5) is 48.6. The lowest BCUT2D eigenvalue weighted by atomic mass is 10.1. The number of anilines is 1. The number of rotatable bonds is 6. The van der Waals surface area contributed by atoms with Gasteiger partial charge in [0.15, 0.2) is 11.5 Å². The Balaban J connectivity index is 2.02. The van der Waals surface area contributed by atoms with E-state index in [0.717, 1.165) is 17.0 Å². The summed E-state index contributed by atoms with van der Waals surface area (Å²) in [7, 11) is 1.48. The van der Waals surface area contributed by atoms with Crippen LogP contribution < -0.4 is 19.7 Å². The molecule has 11 heteroatoms. The molecule has 3 rings (SSSR count). The highest BCUT2D eigenvalue weighted by Gasteiger charge is 2.37. The Bertz CT molecular complexity index is 1110. The number of ether oxygens (including phenoxy) is 2. The molecular formula is C20H16BrN3O7.